The van der Waals surface area contributed by atoms with Crippen LogP contribution in [0.25, 0.3) is 39.3 Å². The second-order valence-corrected chi connectivity index (χ2v) is 10.3. The van der Waals surface area contributed by atoms with Crippen molar-refractivity contribution in [3.63, 3.8) is 0 Å². The number of alkyl halides is 3. The third-order valence-electron chi connectivity index (χ3n) is 5.97. The number of pyridine rings is 3. The van der Waals surface area contributed by atoms with Crippen LogP contribution in [-0.2, 0) is 23.1 Å². The van der Waals surface area contributed by atoms with Gasteiger partial charge in [0.15, 0.2) is 15.7 Å². The molecule has 0 atom stereocenters. The van der Waals surface area contributed by atoms with E-state index in [1.54, 1.807) is 13.2 Å². The third kappa shape index (κ3) is 3.73. The quantitative estimate of drug-likeness (QED) is 0.362. The number of aryl methyl sites for hydroxylation is 2. The maximum atomic E-state index is 13.1. The van der Waals surface area contributed by atoms with Gasteiger partial charge in [0.25, 0.3) is 0 Å². The molecule has 0 saturated heterocycles. The van der Waals surface area contributed by atoms with Gasteiger partial charge in [-0.05, 0) is 31.2 Å². The number of nitrogens with zero attached hydrogens (tertiary/aromatic N) is 6. The van der Waals surface area contributed by atoms with Gasteiger partial charge in [0.05, 0.1) is 27.9 Å². The lowest BCUT2D eigenvalue weighted by Crippen LogP contribution is -2.09. The molecule has 35 heavy (non-hydrogen) atoms. The zero-order valence-electron chi connectivity index (χ0n) is 18.9. The Hall–Kier alpha value is -3.80. The molecule has 12 heteroatoms. The van der Waals surface area contributed by atoms with Crippen LogP contribution in [0.15, 0.2) is 53.9 Å². The molecule has 0 fully saturated rings. The highest BCUT2D eigenvalue weighted by molar-refractivity contribution is 7.91. The number of imidazole rings is 2. The van der Waals surface area contributed by atoms with E-state index in [1.807, 2.05) is 29.7 Å². The lowest BCUT2D eigenvalue weighted by molar-refractivity contribution is -0.141. The summed E-state index contributed by atoms with van der Waals surface area (Å²) in [5, 5.41) is 0. The third-order valence-corrected chi connectivity index (χ3v) is 7.71. The number of rotatable bonds is 4. The summed E-state index contributed by atoms with van der Waals surface area (Å²) in [5.74, 6) is -0.0597. The Morgan fingerprint density at radius 3 is 2.54 bits per heavy atom. The van der Waals surface area contributed by atoms with Crippen molar-refractivity contribution in [1.82, 2.24) is 28.9 Å². The van der Waals surface area contributed by atoms with Gasteiger partial charge in [-0.1, -0.05) is 6.92 Å². The fourth-order valence-electron chi connectivity index (χ4n) is 4.04. The number of fused-ring (bicyclic) bond motifs is 2. The van der Waals surface area contributed by atoms with E-state index in [9.17, 15) is 21.6 Å². The van der Waals surface area contributed by atoms with Crippen molar-refractivity contribution in [2.75, 3.05) is 5.75 Å². The molecule has 5 aromatic rings. The number of hydrogen-bond acceptors (Lipinski definition) is 6. The van der Waals surface area contributed by atoms with E-state index in [0.717, 1.165) is 29.2 Å². The van der Waals surface area contributed by atoms with E-state index < -0.39 is 21.7 Å². The van der Waals surface area contributed by atoms with E-state index in [0.29, 0.717) is 11.1 Å². The molecule has 180 valence electrons. The van der Waals surface area contributed by atoms with Gasteiger partial charge < -0.3 is 8.97 Å². The molecule has 0 bridgehead atoms. The van der Waals surface area contributed by atoms with Crippen molar-refractivity contribution in [3.8, 4) is 22.6 Å². The van der Waals surface area contributed by atoms with Crippen LogP contribution in [0.2, 0.25) is 0 Å². The molecule has 5 rings (SSSR count). The van der Waals surface area contributed by atoms with Crippen molar-refractivity contribution < 1.29 is 21.6 Å². The average Bonchev–Trinajstić information content (AvgIpc) is 3.43. The Labute approximate surface area is 198 Å². The first-order chi connectivity index (χ1) is 16.5. The molecule has 0 amide bonds. The fraction of sp³-hybridized carbons (Fsp3) is 0.217. The fourth-order valence-corrected chi connectivity index (χ4v) is 5.10. The van der Waals surface area contributed by atoms with Crippen LogP contribution >= 0.6 is 0 Å². The average molecular weight is 501 g/mol. The minimum atomic E-state index is -4.63. The zero-order valence-corrected chi connectivity index (χ0v) is 19.7. The van der Waals surface area contributed by atoms with E-state index in [1.165, 1.54) is 23.8 Å². The van der Waals surface area contributed by atoms with Crippen LogP contribution in [0.5, 0.6) is 0 Å². The van der Waals surface area contributed by atoms with Crippen LogP contribution < -0.4 is 0 Å². The lowest BCUT2D eigenvalue weighted by Gasteiger charge is -2.13. The maximum absolute atomic E-state index is 13.1. The molecule has 0 aliphatic rings. The van der Waals surface area contributed by atoms with Gasteiger partial charge in [-0.15, -0.1) is 0 Å². The molecule has 0 saturated carbocycles. The minimum Gasteiger partial charge on any atom is -0.324 e. The zero-order chi connectivity index (χ0) is 25.1. The molecule has 0 aliphatic carbocycles. The summed E-state index contributed by atoms with van der Waals surface area (Å²) in [6.45, 7) is 3.41. The van der Waals surface area contributed by atoms with Crippen molar-refractivity contribution in [3.05, 3.63) is 60.4 Å². The second kappa shape index (κ2) is 7.87. The number of hydrogen-bond donors (Lipinski definition) is 0. The van der Waals surface area contributed by atoms with Crippen molar-refractivity contribution in [2.45, 2.75) is 24.9 Å². The molecule has 0 unspecified atom stereocenters. The molecule has 0 spiro atoms. The SMILES string of the molecule is CCS(=O)(=O)c1cc(-c2ccc3nccn3c2C)cnc1-c1nc2cc(C(F)(F)F)ncc2n1C. The number of sulfone groups is 1. The smallest absolute Gasteiger partial charge is 0.324 e. The van der Waals surface area contributed by atoms with Gasteiger partial charge in [0, 0.05) is 42.5 Å². The van der Waals surface area contributed by atoms with Gasteiger partial charge in [0.2, 0.25) is 0 Å². The Kier molecular flexibility index (Phi) is 5.16. The molecular formula is C23H19F3N6O2S. The first kappa shape index (κ1) is 23.0. The molecule has 8 nitrogen and oxygen atoms in total. The highest BCUT2D eigenvalue weighted by Gasteiger charge is 2.33. The van der Waals surface area contributed by atoms with Gasteiger partial charge in [-0.25, -0.2) is 23.4 Å². The van der Waals surface area contributed by atoms with Gasteiger partial charge in [-0.2, -0.15) is 13.2 Å². The Morgan fingerprint density at radius 1 is 1.06 bits per heavy atom. The highest BCUT2D eigenvalue weighted by atomic mass is 32.2. The normalized spacial score (nSPS) is 12.6. The summed E-state index contributed by atoms with van der Waals surface area (Å²) in [6, 6.07) is 6.03. The van der Waals surface area contributed by atoms with Crippen LogP contribution in [0.1, 0.15) is 18.3 Å². The molecule has 0 radical (unpaired) electrons. The van der Waals surface area contributed by atoms with Gasteiger partial charge >= 0.3 is 6.18 Å². The summed E-state index contributed by atoms with van der Waals surface area (Å²) >= 11 is 0. The first-order valence-corrected chi connectivity index (χ1v) is 12.2. The van der Waals surface area contributed by atoms with Gasteiger partial charge in [0.1, 0.15) is 17.0 Å². The van der Waals surface area contributed by atoms with Crippen molar-refractivity contribution >= 4 is 26.5 Å². The predicted molar refractivity (Wildman–Crippen MR) is 123 cm³/mol. The summed E-state index contributed by atoms with van der Waals surface area (Å²) in [7, 11) is -2.19. The summed E-state index contributed by atoms with van der Waals surface area (Å²) < 4.78 is 69.0. The maximum Gasteiger partial charge on any atom is 0.433 e. The van der Waals surface area contributed by atoms with Gasteiger partial charge in [-0.3, -0.25) is 4.98 Å². The Morgan fingerprint density at radius 2 is 1.83 bits per heavy atom. The van der Waals surface area contributed by atoms with E-state index in [2.05, 4.69) is 19.9 Å². The van der Waals surface area contributed by atoms with E-state index in [-0.39, 0.29) is 27.7 Å². The van der Waals surface area contributed by atoms with E-state index >= 15 is 0 Å². The lowest BCUT2D eigenvalue weighted by atomic mass is 10.1. The summed E-state index contributed by atoms with van der Waals surface area (Å²) in [5.41, 5.74) is 2.29. The minimum absolute atomic E-state index is 0.0388. The molecule has 0 aliphatic heterocycles. The highest BCUT2D eigenvalue weighted by Crippen LogP contribution is 2.34. The molecule has 0 N–H and O–H groups in total. The predicted octanol–water partition coefficient (Wildman–Crippen LogP) is 4.47. The number of aromatic nitrogens is 6. The van der Waals surface area contributed by atoms with E-state index in [4.69, 9.17) is 0 Å². The van der Waals surface area contributed by atoms with Crippen molar-refractivity contribution in [1.29, 1.82) is 0 Å². The Bertz CT molecular complexity index is 1720. The molecule has 5 aromatic heterocycles. The molecular weight excluding hydrogens is 481 g/mol. The van der Waals surface area contributed by atoms with Crippen molar-refractivity contribution in [2.24, 2.45) is 7.05 Å². The van der Waals surface area contributed by atoms with Crippen LogP contribution in [0.3, 0.4) is 0 Å². The number of halogens is 3. The monoisotopic (exact) mass is 500 g/mol. The summed E-state index contributed by atoms with van der Waals surface area (Å²) in [6.07, 6.45) is 1.46. The molecule has 0 aromatic carbocycles. The van der Waals surface area contributed by atoms with Crippen LogP contribution in [0, 0.1) is 6.92 Å². The first-order valence-electron chi connectivity index (χ1n) is 10.6. The van der Waals surface area contributed by atoms with Crippen LogP contribution in [-0.4, -0.2) is 43.1 Å². The largest absolute Gasteiger partial charge is 0.433 e. The van der Waals surface area contributed by atoms with Crippen LogP contribution in [0.4, 0.5) is 13.2 Å². The standard InChI is InChI=1S/C23H19F3N6O2S/c1-4-35(33,34)18-9-14(15-5-6-20-27-7-8-32(20)13(15)2)11-29-21(18)22-30-16-10-19(23(24,25)26)28-12-17(16)31(22)3/h5-12H,4H2,1-3H3. The Balaban J connectivity index is 1.73. The second-order valence-electron chi connectivity index (χ2n) is 8.01. The topological polar surface area (TPSA) is 95.0 Å². The summed E-state index contributed by atoms with van der Waals surface area (Å²) in [4.78, 5) is 16.4. The molecule has 5 heterocycles.